The highest BCUT2D eigenvalue weighted by Gasteiger charge is 2.29. The van der Waals surface area contributed by atoms with E-state index in [1.807, 2.05) is 0 Å². The van der Waals surface area contributed by atoms with Gasteiger partial charge in [-0.15, -0.1) is 0 Å². The van der Waals surface area contributed by atoms with Crippen molar-refractivity contribution in [2.24, 2.45) is 0 Å². The van der Waals surface area contributed by atoms with Crippen LogP contribution in [0.3, 0.4) is 0 Å². The Bertz CT molecular complexity index is 420. The molecule has 94 valence electrons. The van der Waals surface area contributed by atoms with Gasteiger partial charge in [-0.05, 0) is 18.1 Å². The van der Waals surface area contributed by atoms with E-state index in [2.05, 4.69) is 74.3 Å². The Labute approximate surface area is 111 Å². The molecule has 0 heterocycles. The molecule has 0 aliphatic rings. The van der Waals surface area contributed by atoms with Gasteiger partial charge in [0.2, 0.25) is 0 Å². The Hall–Kier alpha value is -1.13. The van der Waals surface area contributed by atoms with Crippen molar-refractivity contribution in [3.63, 3.8) is 0 Å². The number of hydrogen-bond acceptors (Lipinski definition) is 0. The standard InChI is InChI=1S/C17H22P/c1-3-18(2,14-16-10-6-4-7-11-16)15-17-12-8-5-9-13-17/h4-13H,3,14-15H2,1-2H3/q+1. The highest BCUT2D eigenvalue weighted by molar-refractivity contribution is 7.73. The van der Waals surface area contributed by atoms with E-state index < -0.39 is 7.26 Å². The maximum atomic E-state index is 2.51. The second-order valence-electron chi connectivity index (χ2n) is 5.22. The van der Waals surface area contributed by atoms with Crippen LogP contribution >= 0.6 is 7.26 Å². The third-order valence-electron chi connectivity index (χ3n) is 3.58. The van der Waals surface area contributed by atoms with Gasteiger partial charge in [-0.2, -0.15) is 0 Å². The van der Waals surface area contributed by atoms with Gasteiger partial charge in [0.1, 0.15) is 0 Å². The first kappa shape index (κ1) is 13.3. The van der Waals surface area contributed by atoms with Gasteiger partial charge in [-0.3, -0.25) is 0 Å². The number of hydrogen-bond donors (Lipinski definition) is 0. The molecule has 2 aromatic rings. The zero-order valence-electron chi connectivity index (χ0n) is 11.3. The van der Waals surface area contributed by atoms with Crippen LogP contribution in [0.5, 0.6) is 0 Å². The average molecular weight is 257 g/mol. The van der Waals surface area contributed by atoms with Crippen molar-refractivity contribution in [3.8, 4) is 0 Å². The lowest BCUT2D eigenvalue weighted by Crippen LogP contribution is -2.02. The molecule has 0 amide bonds. The number of benzene rings is 2. The Kier molecular flexibility index (Phi) is 4.55. The van der Waals surface area contributed by atoms with E-state index in [0.717, 1.165) is 0 Å². The first-order valence-corrected chi connectivity index (χ1v) is 9.42. The minimum absolute atomic E-state index is 0.894. The lowest BCUT2D eigenvalue weighted by atomic mass is 10.2. The SMILES string of the molecule is CC[P+](C)(Cc1ccccc1)Cc1ccccc1. The van der Waals surface area contributed by atoms with Gasteiger partial charge in [-0.25, -0.2) is 0 Å². The monoisotopic (exact) mass is 257 g/mol. The van der Waals surface area contributed by atoms with Crippen molar-refractivity contribution in [1.82, 2.24) is 0 Å². The maximum Gasteiger partial charge on any atom is 0.0843 e. The summed E-state index contributed by atoms with van der Waals surface area (Å²) < 4.78 is 0. The topological polar surface area (TPSA) is 0 Å². The van der Waals surface area contributed by atoms with E-state index >= 15 is 0 Å². The zero-order chi connectivity index (χ0) is 12.8. The first-order chi connectivity index (χ1) is 8.72. The molecule has 0 fully saturated rings. The van der Waals surface area contributed by atoms with Crippen molar-refractivity contribution in [2.75, 3.05) is 12.8 Å². The molecule has 2 rings (SSSR count). The Morgan fingerprint density at radius 2 is 1.11 bits per heavy atom. The Balaban J connectivity index is 2.11. The average Bonchev–Trinajstić information content (AvgIpc) is 2.41. The van der Waals surface area contributed by atoms with Gasteiger partial charge in [-0.1, -0.05) is 60.7 Å². The molecule has 0 N–H and O–H groups in total. The fourth-order valence-corrected chi connectivity index (χ4v) is 5.07. The third kappa shape index (κ3) is 3.68. The fraction of sp³-hybridized carbons (Fsp3) is 0.294. The molecule has 2 aromatic carbocycles. The van der Waals surface area contributed by atoms with Crippen LogP contribution in [0, 0.1) is 0 Å². The molecule has 0 aromatic heterocycles. The van der Waals surface area contributed by atoms with Crippen molar-refractivity contribution >= 4 is 7.26 Å². The second kappa shape index (κ2) is 6.16. The van der Waals surface area contributed by atoms with Crippen LogP contribution in [0.1, 0.15) is 18.1 Å². The van der Waals surface area contributed by atoms with Crippen LogP contribution in [0.15, 0.2) is 60.7 Å². The summed E-state index contributed by atoms with van der Waals surface area (Å²) in [5.74, 6) is 0. The van der Waals surface area contributed by atoms with Crippen molar-refractivity contribution in [1.29, 1.82) is 0 Å². The van der Waals surface area contributed by atoms with Gasteiger partial charge in [0.05, 0.1) is 18.5 Å². The van der Waals surface area contributed by atoms with Crippen LogP contribution < -0.4 is 0 Å². The molecule has 0 atom stereocenters. The lowest BCUT2D eigenvalue weighted by molar-refractivity contribution is 1.25. The van der Waals surface area contributed by atoms with Gasteiger partial charge in [0.15, 0.2) is 0 Å². The molecular formula is C17H22P+. The molecule has 0 saturated heterocycles. The van der Waals surface area contributed by atoms with Crippen molar-refractivity contribution in [2.45, 2.75) is 19.2 Å². The van der Waals surface area contributed by atoms with E-state index in [1.165, 1.54) is 29.6 Å². The summed E-state index contributed by atoms with van der Waals surface area (Å²) in [6.45, 7) is 4.85. The van der Waals surface area contributed by atoms with E-state index in [0.29, 0.717) is 0 Å². The molecule has 0 unspecified atom stereocenters. The molecule has 0 aliphatic heterocycles. The third-order valence-corrected chi connectivity index (χ3v) is 7.36. The molecule has 0 aliphatic carbocycles. The summed E-state index contributed by atoms with van der Waals surface area (Å²) in [5, 5.41) is 0. The van der Waals surface area contributed by atoms with Crippen LogP contribution in [0.2, 0.25) is 0 Å². The minimum Gasteiger partial charge on any atom is -0.0622 e. The van der Waals surface area contributed by atoms with Gasteiger partial charge in [0, 0.05) is 13.9 Å². The van der Waals surface area contributed by atoms with Crippen molar-refractivity contribution in [3.05, 3.63) is 71.8 Å². The normalized spacial score (nSPS) is 11.4. The molecule has 0 radical (unpaired) electrons. The van der Waals surface area contributed by atoms with Crippen LogP contribution in [-0.2, 0) is 12.3 Å². The first-order valence-electron chi connectivity index (χ1n) is 6.63. The predicted octanol–water partition coefficient (Wildman–Crippen LogP) is 5.05. The highest BCUT2D eigenvalue weighted by Crippen LogP contribution is 2.60. The largest absolute Gasteiger partial charge is 0.0843 e. The van der Waals surface area contributed by atoms with E-state index in [4.69, 9.17) is 0 Å². The maximum absolute atomic E-state index is 2.51. The molecule has 0 saturated carbocycles. The summed E-state index contributed by atoms with van der Waals surface area (Å²) in [6.07, 6.45) is 3.84. The summed E-state index contributed by atoms with van der Waals surface area (Å²) in [5.41, 5.74) is 2.98. The van der Waals surface area contributed by atoms with Gasteiger partial charge >= 0.3 is 0 Å². The molecule has 0 bridgehead atoms. The fourth-order valence-electron chi connectivity index (χ4n) is 2.33. The molecule has 1 heteroatoms. The smallest absolute Gasteiger partial charge is 0.0622 e. The van der Waals surface area contributed by atoms with E-state index in [9.17, 15) is 0 Å². The van der Waals surface area contributed by atoms with Gasteiger partial charge in [0.25, 0.3) is 0 Å². The summed E-state index contributed by atoms with van der Waals surface area (Å²) in [4.78, 5) is 0. The van der Waals surface area contributed by atoms with Crippen molar-refractivity contribution < 1.29 is 0 Å². The zero-order valence-corrected chi connectivity index (χ0v) is 12.2. The Morgan fingerprint density at radius 3 is 1.44 bits per heavy atom. The summed E-state index contributed by atoms with van der Waals surface area (Å²) in [7, 11) is -0.894. The van der Waals surface area contributed by atoms with E-state index in [-0.39, 0.29) is 0 Å². The second-order valence-corrected chi connectivity index (χ2v) is 9.73. The lowest BCUT2D eigenvalue weighted by Gasteiger charge is -2.22. The molecule has 0 nitrogen and oxygen atoms in total. The minimum atomic E-state index is -0.894. The molecule has 18 heavy (non-hydrogen) atoms. The highest BCUT2D eigenvalue weighted by atomic mass is 31.2. The number of rotatable bonds is 5. The molecular weight excluding hydrogens is 235 g/mol. The van der Waals surface area contributed by atoms with Gasteiger partial charge < -0.3 is 0 Å². The summed E-state index contributed by atoms with van der Waals surface area (Å²) in [6, 6.07) is 21.9. The Morgan fingerprint density at radius 1 is 0.722 bits per heavy atom. The van der Waals surface area contributed by atoms with Crippen LogP contribution in [-0.4, -0.2) is 12.8 Å². The van der Waals surface area contributed by atoms with Crippen LogP contribution in [0.25, 0.3) is 0 Å². The molecule has 0 spiro atoms. The predicted molar refractivity (Wildman–Crippen MR) is 83.7 cm³/mol. The quantitative estimate of drug-likeness (QED) is 0.657. The van der Waals surface area contributed by atoms with Crippen LogP contribution in [0.4, 0.5) is 0 Å². The summed E-state index contributed by atoms with van der Waals surface area (Å²) >= 11 is 0. The van der Waals surface area contributed by atoms with E-state index in [1.54, 1.807) is 0 Å².